The van der Waals surface area contributed by atoms with E-state index in [9.17, 15) is 4.79 Å². The lowest BCUT2D eigenvalue weighted by Gasteiger charge is -2.26. The van der Waals surface area contributed by atoms with Gasteiger partial charge < -0.3 is 9.15 Å². The predicted molar refractivity (Wildman–Crippen MR) is 101 cm³/mol. The summed E-state index contributed by atoms with van der Waals surface area (Å²) in [5.74, 6) is 1.58. The quantitative estimate of drug-likeness (QED) is 0.544. The van der Waals surface area contributed by atoms with Crippen molar-refractivity contribution in [3.8, 4) is 17.3 Å². The zero-order chi connectivity index (χ0) is 19.3. The Balaban J connectivity index is 1.79. The van der Waals surface area contributed by atoms with E-state index in [0.29, 0.717) is 40.0 Å². The molecule has 7 nitrogen and oxygen atoms in total. The van der Waals surface area contributed by atoms with Crippen LogP contribution >= 0.6 is 0 Å². The summed E-state index contributed by atoms with van der Waals surface area (Å²) in [6.45, 7) is 3.29. The van der Waals surface area contributed by atoms with E-state index in [2.05, 4.69) is 10.1 Å². The topological polar surface area (TPSA) is 82.5 Å². The van der Waals surface area contributed by atoms with Crippen LogP contribution in [0.15, 0.2) is 70.8 Å². The van der Waals surface area contributed by atoms with Crippen LogP contribution in [0.25, 0.3) is 17.0 Å². The number of carbonyl (C=O) groups excluding carboxylic acids is 1. The average molecular weight is 372 g/mol. The number of ketones is 1. The molecule has 0 saturated heterocycles. The van der Waals surface area contributed by atoms with E-state index in [-0.39, 0.29) is 5.78 Å². The standard InChI is InChI=1S/C21H16N4O3/c1-12(26)16-13(2)28-21-18(17(16)15-9-6-10-27-15)20-23-19(24-25(20)11-22-21)14-7-4-3-5-8-14/h3-11,17H,1-2H3. The molecule has 5 rings (SSSR count). The Kier molecular flexibility index (Phi) is 3.61. The van der Waals surface area contributed by atoms with Crippen molar-refractivity contribution in [2.24, 2.45) is 0 Å². The van der Waals surface area contributed by atoms with E-state index in [1.54, 1.807) is 30.1 Å². The zero-order valence-electron chi connectivity index (χ0n) is 15.3. The molecular weight excluding hydrogens is 356 g/mol. The van der Waals surface area contributed by atoms with Crippen molar-refractivity contribution in [1.82, 2.24) is 19.6 Å². The van der Waals surface area contributed by atoms with Crippen molar-refractivity contribution < 1.29 is 13.9 Å². The van der Waals surface area contributed by atoms with Crippen LogP contribution in [0.5, 0.6) is 5.88 Å². The predicted octanol–water partition coefficient (Wildman–Crippen LogP) is 3.77. The molecule has 0 fully saturated rings. The third kappa shape index (κ3) is 2.44. The van der Waals surface area contributed by atoms with E-state index in [1.807, 2.05) is 36.4 Å². The Morgan fingerprint density at radius 2 is 1.96 bits per heavy atom. The average Bonchev–Trinajstić information content (AvgIpc) is 3.37. The van der Waals surface area contributed by atoms with Gasteiger partial charge in [0.2, 0.25) is 5.88 Å². The monoisotopic (exact) mass is 372 g/mol. The number of aromatic nitrogens is 4. The van der Waals surface area contributed by atoms with Crippen LogP contribution < -0.4 is 4.74 Å². The number of nitrogens with zero attached hydrogens (tertiary/aromatic N) is 4. The Bertz CT molecular complexity index is 1220. The molecule has 1 aliphatic heterocycles. The molecule has 4 aromatic rings. The van der Waals surface area contributed by atoms with E-state index in [1.165, 1.54) is 6.92 Å². The van der Waals surface area contributed by atoms with Crippen LogP contribution in [-0.4, -0.2) is 25.4 Å². The molecule has 0 saturated carbocycles. The highest BCUT2D eigenvalue weighted by Crippen LogP contribution is 2.44. The lowest BCUT2D eigenvalue weighted by Crippen LogP contribution is -2.21. The maximum absolute atomic E-state index is 12.4. The highest BCUT2D eigenvalue weighted by molar-refractivity contribution is 5.97. The molecule has 0 radical (unpaired) electrons. The van der Waals surface area contributed by atoms with Gasteiger partial charge in [0, 0.05) is 11.1 Å². The smallest absolute Gasteiger partial charge is 0.228 e. The van der Waals surface area contributed by atoms with Crippen LogP contribution in [-0.2, 0) is 4.79 Å². The van der Waals surface area contributed by atoms with Crippen LogP contribution in [0.2, 0.25) is 0 Å². The highest BCUT2D eigenvalue weighted by Gasteiger charge is 2.37. The number of furan rings is 1. The van der Waals surface area contributed by atoms with Gasteiger partial charge in [0.25, 0.3) is 0 Å². The molecule has 3 aromatic heterocycles. The summed E-state index contributed by atoms with van der Waals surface area (Å²) >= 11 is 0. The lowest BCUT2D eigenvalue weighted by molar-refractivity contribution is -0.114. The Morgan fingerprint density at radius 1 is 1.14 bits per heavy atom. The summed E-state index contributed by atoms with van der Waals surface area (Å²) in [5.41, 5.74) is 2.67. The van der Waals surface area contributed by atoms with Gasteiger partial charge in [0.05, 0.1) is 17.7 Å². The number of ether oxygens (including phenoxy) is 1. The van der Waals surface area contributed by atoms with Gasteiger partial charge in [-0.05, 0) is 26.0 Å². The lowest BCUT2D eigenvalue weighted by atomic mass is 9.85. The fraction of sp³-hybridized carbons (Fsp3) is 0.143. The molecule has 4 heterocycles. The minimum atomic E-state index is -0.458. The first kappa shape index (κ1) is 16.4. The normalized spacial score (nSPS) is 16.1. The van der Waals surface area contributed by atoms with Crippen LogP contribution in [0.1, 0.15) is 31.1 Å². The summed E-state index contributed by atoms with van der Waals surface area (Å²) in [4.78, 5) is 21.6. The Labute approximate surface area is 160 Å². The number of fused-ring (bicyclic) bond motifs is 3. The highest BCUT2D eigenvalue weighted by atomic mass is 16.5. The summed E-state index contributed by atoms with van der Waals surface area (Å²) in [6, 6.07) is 13.3. The van der Waals surface area contributed by atoms with Crippen molar-refractivity contribution in [1.29, 1.82) is 0 Å². The molecule has 0 spiro atoms. The number of benzene rings is 1. The van der Waals surface area contributed by atoms with Gasteiger partial charge in [-0.15, -0.1) is 5.10 Å². The van der Waals surface area contributed by atoms with Crippen LogP contribution in [0, 0.1) is 0 Å². The van der Waals surface area contributed by atoms with Gasteiger partial charge in [-0.2, -0.15) is 0 Å². The van der Waals surface area contributed by atoms with Gasteiger partial charge in [-0.3, -0.25) is 4.79 Å². The number of allylic oxidation sites excluding steroid dienone is 2. The fourth-order valence-electron chi connectivity index (χ4n) is 3.64. The van der Waals surface area contributed by atoms with E-state index < -0.39 is 5.92 Å². The molecule has 1 aliphatic rings. The Hall–Kier alpha value is -3.74. The molecule has 1 atom stereocenters. The number of Topliss-reactive ketones (excluding diaryl/α,β-unsaturated/α-hetero) is 1. The maximum Gasteiger partial charge on any atom is 0.228 e. The van der Waals surface area contributed by atoms with Gasteiger partial charge in [0.1, 0.15) is 17.8 Å². The molecular formula is C21H16N4O3. The second kappa shape index (κ2) is 6.16. The summed E-state index contributed by atoms with van der Waals surface area (Å²) < 4.78 is 13.2. The molecule has 28 heavy (non-hydrogen) atoms. The van der Waals surface area contributed by atoms with Gasteiger partial charge in [-0.25, -0.2) is 14.5 Å². The van der Waals surface area contributed by atoms with Crippen LogP contribution in [0.3, 0.4) is 0 Å². The number of carbonyl (C=O) groups is 1. The zero-order valence-corrected chi connectivity index (χ0v) is 15.3. The molecule has 7 heteroatoms. The van der Waals surface area contributed by atoms with Gasteiger partial charge >= 0.3 is 0 Å². The number of rotatable bonds is 3. The first-order valence-electron chi connectivity index (χ1n) is 8.87. The summed E-state index contributed by atoms with van der Waals surface area (Å²) in [6.07, 6.45) is 3.16. The summed E-state index contributed by atoms with van der Waals surface area (Å²) in [5, 5.41) is 4.55. The molecule has 1 unspecified atom stereocenters. The Morgan fingerprint density at radius 3 is 2.68 bits per heavy atom. The minimum Gasteiger partial charge on any atom is -0.468 e. The van der Waals surface area contributed by atoms with Crippen molar-refractivity contribution in [2.75, 3.05) is 0 Å². The molecule has 1 aromatic carbocycles. The minimum absolute atomic E-state index is 0.0886. The number of hydrogen-bond acceptors (Lipinski definition) is 6. The number of hydrogen-bond donors (Lipinski definition) is 0. The summed E-state index contributed by atoms with van der Waals surface area (Å²) in [7, 11) is 0. The van der Waals surface area contributed by atoms with Gasteiger partial charge in [0.15, 0.2) is 17.3 Å². The van der Waals surface area contributed by atoms with E-state index in [4.69, 9.17) is 14.1 Å². The van der Waals surface area contributed by atoms with Crippen molar-refractivity contribution in [3.05, 3.63) is 77.7 Å². The van der Waals surface area contributed by atoms with Gasteiger partial charge in [-0.1, -0.05) is 30.3 Å². The van der Waals surface area contributed by atoms with Crippen LogP contribution in [0.4, 0.5) is 0 Å². The second-order valence-corrected chi connectivity index (χ2v) is 6.61. The fourth-order valence-corrected chi connectivity index (χ4v) is 3.64. The molecule has 0 aliphatic carbocycles. The van der Waals surface area contributed by atoms with Crippen molar-refractivity contribution in [3.63, 3.8) is 0 Å². The first-order valence-corrected chi connectivity index (χ1v) is 8.87. The van der Waals surface area contributed by atoms with E-state index >= 15 is 0 Å². The SMILES string of the molecule is CC(=O)C1=C(C)Oc2ncn3nc(-c4ccccc4)nc3c2C1c1ccco1. The first-order chi connectivity index (χ1) is 13.6. The van der Waals surface area contributed by atoms with Crippen molar-refractivity contribution >= 4 is 11.4 Å². The molecule has 0 amide bonds. The second-order valence-electron chi connectivity index (χ2n) is 6.61. The maximum atomic E-state index is 12.4. The molecule has 138 valence electrons. The van der Waals surface area contributed by atoms with Crippen molar-refractivity contribution in [2.45, 2.75) is 19.8 Å². The van der Waals surface area contributed by atoms with E-state index in [0.717, 1.165) is 5.56 Å². The largest absolute Gasteiger partial charge is 0.468 e. The third-order valence-corrected chi connectivity index (χ3v) is 4.83. The third-order valence-electron chi connectivity index (χ3n) is 4.83. The molecule has 0 bridgehead atoms. The molecule has 0 N–H and O–H groups in total.